The van der Waals surface area contributed by atoms with Crippen molar-refractivity contribution in [1.82, 2.24) is 4.90 Å². The van der Waals surface area contributed by atoms with Gasteiger partial charge in [0.2, 0.25) is 5.91 Å². The number of hydrogen-bond acceptors (Lipinski definition) is 2. The first-order valence-electron chi connectivity index (χ1n) is 7.28. The Labute approximate surface area is 116 Å². The van der Waals surface area contributed by atoms with E-state index in [1.54, 1.807) is 0 Å². The molecule has 0 aliphatic rings. The van der Waals surface area contributed by atoms with Crippen LogP contribution in [0.1, 0.15) is 44.6 Å². The van der Waals surface area contributed by atoms with E-state index in [4.69, 9.17) is 5.73 Å². The van der Waals surface area contributed by atoms with Crippen molar-refractivity contribution in [3.05, 3.63) is 35.9 Å². The van der Waals surface area contributed by atoms with Gasteiger partial charge in [-0.3, -0.25) is 4.79 Å². The van der Waals surface area contributed by atoms with E-state index in [2.05, 4.69) is 13.8 Å². The van der Waals surface area contributed by atoms with Crippen LogP contribution in [0.15, 0.2) is 30.3 Å². The Morgan fingerprint density at radius 3 is 2.42 bits per heavy atom. The van der Waals surface area contributed by atoms with Crippen molar-refractivity contribution in [2.75, 3.05) is 19.6 Å². The topological polar surface area (TPSA) is 46.3 Å². The van der Waals surface area contributed by atoms with E-state index in [9.17, 15) is 4.79 Å². The van der Waals surface area contributed by atoms with Gasteiger partial charge in [0.15, 0.2) is 0 Å². The molecular formula is C16H26N2O. The number of benzene rings is 1. The molecule has 0 bridgehead atoms. The molecule has 0 radical (unpaired) electrons. The van der Waals surface area contributed by atoms with Crippen LogP contribution >= 0.6 is 0 Å². The lowest BCUT2D eigenvalue weighted by Crippen LogP contribution is -2.37. The second-order valence-electron chi connectivity index (χ2n) is 4.84. The van der Waals surface area contributed by atoms with E-state index in [1.165, 1.54) is 0 Å². The summed E-state index contributed by atoms with van der Waals surface area (Å²) in [6.07, 6.45) is 2.70. The number of hydrogen-bond donors (Lipinski definition) is 1. The largest absolute Gasteiger partial charge is 0.342 e. The van der Waals surface area contributed by atoms with Crippen LogP contribution < -0.4 is 5.73 Å². The molecule has 1 unspecified atom stereocenters. The first-order chi connectivity index (χ1) is 9.24. The minimum absolute atomic E-state index is 0.0227. The van der Waals surface area contributed by atoms with Gasteiger partial charge in [-0.1, -0.05) is 44.2 Å². The van der Waals surface area contributed by atoms with E-state index in [0.717, 1.165) is 37.9 Å². The molecule has 0 aromatic heterocycles. The second-order valence-corrected chi connectivity index (χ2v) is 4.84. The van der Waals surface area contributed by atoms with Crippen molar-refractivity contribution in [2.24, 2.45) is 5.73 Å². The molecule has 1 aromatic carbocycles. The molecule has 3 heteroatoms. The third-order valence-electron chi connectivity index (χ3n) is 3.35. The standard InChI is InChI=1S/C16H26N2O/c1-3-12-18(13-8-11-17)16(19)15(4-2)14-9-6-5-7-10-14/h5-7,9-10,15H,3-4,8,11-13,17H2,1-2H3. The zero-order chi connectivity index (χ0) is 14.1. The molecule has 1 atom stereocenters. The fraction of sp³-hybridized carbons (Fsp3) is 0.562. The van der Waals surface area contributed by atoms with Gasteiger partial charge in [-0.15, -0.1) is 0 Å². The van der Waals surface area contributed by atoms with Gasteiger partial charge in [0, 0.05) is 13.1 Å². The van der Waals surface area contributed by atoms with Gasteiger partial charge in [-0.05, 0) is 31.4 Å². The lowest BCUT2D eigenvalue weighted by Gasteiger charge is -2.27. The van der Waals surface area contributed by atoms with Crippen LogP contribution in [-0.2, 0) is 4.79 Å². The third kappa shape index (κ3) is 4.67. The average Bonchev–Trinajstić information content (AvgIpc) is 2.45. The van der Waals surface area contributed by atoms with Crippen molar-refractivity contribution in [1.29, 1.82) is 0 Å². The Morgan fingerprint density at radius 1 is 1.21 bits per heavy atom. The molecule has 1 rings (SSSR count). The van der Waals surface area contributed by atoms with Crippen LogP contribution in [0, 0.1) is 0 Å². The normalized spacial score (nSPS) is 12.2. The number of carbonyl (C=O) groups is 1. The number of nitrogens with zero attached hydrogens (tertiary/aromatic N) is 1. The lowest BCUT2D eigenvalue weighted by atomic mass is 9.95. The Morgan fingerprint density at radius 2 is 1.89 bits per heavy atom. The van der Waals surface area contributed by atoms with Crippen LogP contribution in [0.3, 0.4) is 0 Å². The summed E-state index contributed by atoms with van der Waals surface area (Å²) in [5.74, 6) is 0.217. The van der Waals surface area contributed by atoms with Crippen LogP contribution in [0.25, 0.3) is 0 Å². The molecule has 2 N–H and O–H groups in total. The molecule has 0 saturated heterocycles. The first-order valence-corrected chi connectivity index (χ1v) is 7.28. The second kappa shape index (κ2) is 8.70. The number of carbonyl (C=O) groups excluding carboxylic acids is 1. The van der Waals surface area contributed by atoms with Gasteiger partial charge in [-0.25, -0.2) is 0 Å². The van der Waals surface area contributed by atoms with Gasteiger partial charge in [0.1, 0.15) is 0 Å². The molecule has 3 nitrogen and oxygen atoms in total. The summed E-state index contributed by atoms with van der Waals surface area (Å²) in [4.78, 5) is 14.6. The monoisotopic (exact) mass is 262 g/mol. The van der Waals surface area contributed by atoms with Crippen molar-refractivity contribution in [3.8, 4) is 0 Å². The summed E-state index contributed by atoms with van der Waals surface area (Å²) >= 11 is 0. The molecular weight excluding hydrogens is 236 g/mol. The summed E-state index contributed by atoms with van der Waals surface area (Å²) in [5, 5.41) is 0. The average molecular weight is 262 g/mol. The predicted octanol–water partition coefficient (Wildman–Crippen LogP) is 2.77. The molecule has 19 heavy (non-hydrogen) atoms. The molecule has 1 amide bonds. The Balaban J connectivity index is 2.80. The van der Waals surface area contributed by atoms with Gasteiger partial charge in [-0.2, -0.15) is 0 Å². The van der Waals surface area contributed by atoms with Crippen molar-refractivity contribution in [3.63, 3.8) is 0 Å². The minimum Gasteiger partial charge on any atom is -0.342 e. The van der Waals surface area contributed by atoms with Gasteiger partial charge < -0.3 is 10.6 Å². The third-order valence-corrected chi connectivity index (χ3v) is 3.35. The molecule has 1 aromatic rings. The molecule has 0 spiro atoms. The van der Waals surface area contributed by atoms with E-state index >= 15 is 0 Å². The lowest BCUT2D eigenvalue weighted by molar-refractivity contribution is -0.133. The maximum Gasteiger partial charge on any atom is 0.230 e. The van der Waals surface area contributed by atoms with E-state index < -0.39 is 0 Å². The Hall–Kier alpha value is -1.35. The summed E-state index contributed by atoms with van der Waals surface area (Å²) in [6.45, 7) is 6.40. The number of nitrogens with two attached hydrogens (primary N) is 1. The summed E-state index contributed by atoms with van der Waals surface area (Å²) < 4.78 is 0. The molecule has 0 aliphatic carbocycles. The highest BCUT2D eigenvalue weighted by molar-refractivity contribution is 5.83. The molecule has 0 fully saturated rings. The minimum atomic E-state index is -0.0227. The number of rotatable bonds is 8. The molecule has 0 saturated carbocycles. The highest BCUT2D eigenvalue weighted by atomic mass is 16.2. The van der Waals surface area contributed by atoms with E-state index in [1.807, 2.05) is 35.2 Å². The summed E-state index contributed by atoms with van der Waals surface area (Å²) in [5.41, 5.74) is 6.67. The Bertz CT molecular complexity index is 364. The van der Waals surface area contributed by atoms with Crippen molar-refractivity contribution in [2.45, 2.75) is 39.0 Å². The predicted molar refractivity (Wildman–Crippen MR) is 80.0 cm³/mol. The highest BCUT2D eigenvalue weighted by Gasteiger charge is 2.23. The fourth-order valence-corrected chi connectivity index (χ4v) is 2.34. The molecule has 0 aliphatic heterocycles. The smallest absolute Gasteiger partial charge is 0.230 e. The zero-order valence-corrected chi connectivity index (χ0v) is 12.1. The fourth-order valence-electron chi connectivity index (χ4n) is 2.34. The highest BCUT2D eigenvalue weighted by Crippen LogP contribution is 2.22. The zero-order valence-electron chi connectivity index (χ0n) is 12.1. The molecule has 0 heterocycles. The van der Waals surface area contributed by atoms with Crippen LogP contribution in [0.2, 0.25) is 0 Å². The maximum absolute atomic E-state index is 12.7. The summed E-state index contributed by atoms with van der Waals surface area (Å²) in [6, 6.07) is 10.1. The van der Waals surface area contributed by atoms with Gasteiger partial charge >= 0.3 is 0 Å². The van der Waals surface area contributed by atoms with Crippen LogP contribution in [-0.4, -0.2) is 30.4 Å². The number of amides is 1. The first kappa shape index (κ1) is 15.7. The maximum atomic E-state index is 12.7. The summed E-state index contributed by atoms with van der Waals surface area (Å²) in [7, 11) is 0. The van der Waals surface area contributed by atoms with Crippen molar-refractivity contribution >= 4 is 5.91 Å². The van der Waals surface area contributed by atoms with E-state index in [-0.39, 0.29) is 11.8 Å². The van der Waals surface area contributed by atoms with Gasteiger partial charge in [0.05, 0.1) is 5.92 Å². The van der Waals surface area contributed by atoms with Gasteiger partial charge in [0.25, 0.3) is 0 Å². The van der Waals surface area contributed by atoms with Crippen LogP contribution in [0.5, 0.6) is 0 Å². The van der Waals surface area contributed by atoms with Crippen LogP contribution in [0.4, 0.5) is 0 Å². The van der Waals surface area contributed by atoms with E-state index in [0.29, 0.717) is 6.54 Å². The SMILES string of the molecule is CCCN(CCCN)C(=O)C(CC)c1ccccc1. The Kier molecular flexibility index (Phi) is 7.19. The quantitative estimate of drug-likeness (QED) is 0.783. The van der Waals surface area contributed by atoms with Crippen molar-refractivity contribution < 1.29 is 4.79 Å². The molecule has 106 valence electrons.